The van der Waals surface area contributed by atoms with E-state index in [0.29, 0.717) is 23.9 Å². The molecule has 4 nitrogen and oxygen atoms in total. The van der Waals surface area contributed by atoms with E-state index in [1.807, 2.05) is 35.9 Å². The fourth-order valence-corrected chi connectivity index (χ4v) is 2.44. The molecule has 0 fully saturated rings. The third-order valence-electron chi connectivity index (χ3n) is 3.22. The molecule has 2 rings (SSSR count). The minimum atomic E-state index is -0.319. The molecule has 0 unspecified atom stereocenters. The molecule has 0 bridgehead atoms. The molecule has 0 saturated heterocycles. The lowest BCUT2D eigenvalue weighted by Crippen LogP contribution is -2.14. The molecule has 1 aromatic heterocycles. The number of halogens is 1. The highest BCUT2D eigenvalue weighted by atomic mass is 35.5. The van der Waals surface area contributed by atoms with Crippen molar-refractivity contribution < 1.29 is 14.3 Å². The van der Waals surface area contributed by atoms with E-state index < -0.39 is 0 Å². The van der Waals surface area contributed by atoms with Gasteiger partial charge in [0.2, 0.25) is 0 Å². The summed E-state index contributed by atoms with van der Waals surface area (Å²) in [5.41, 5.74) is 2.35. The van der Waals surface area contributed by atoms with Crippen LogP contribution in [0.4, 0.5) is 0 Å². The number of carbonyl (C=O) groups excluding carboxylic acids is 1. The van der Waals surface area contributed by atoms with Crippen molar-refractivity contribution in [3.63, 3.8) is 0 Å². The van der Waals surface area contributed by atoms with E-state index in [2.05, 4.69) is 0 Å². The molecule has 5 heteroatoms. The highest BCUT2D eigenvalue weighted by molar-refractivity contribution is 6.30. The van der Waals surface area contributed by atoms with Crippen molar-refractivity contribution in [1.82, 2.24) is 4.57 Å². The number of nitrogens with zero attached hydrogens (tertiary/aromatic N) is 1. The van der Waals surface area contributed by atoms with Gasteiger partial charge in [-0.3, -0.25) is 0 Å². The maximum atomic E-state index is 12.1. The lowest BCUT2D eigenvalue weighted by atomic mass is 10.2. The molecule has 0 spiro atoms. The quantitative estimate of drug-likeness (QED) is 0.791. The highest BCUT2D eigenvalue weighted by Gasteiger charge is 2.17. The largest absolute Gasteiger partial charge is 0.496 e. The van der Waals surface area contributed by atoms with E-state index in [9.17, 15) is 4.79 Å². The second kappa shape index (κ2) is 6.68. The van der Waals surface area contributed by atoms with E-state index >= 15 is 0 Å². The van der Waals surface area contributed by atoms with Gasteiger partial charge in [-0.25, -0.2) is 4.79 Å². The molecule has 112 valence electrons. The Morgan fingerprint density at radius 1 is 1.33 bits per heavy atom. The average molecular weight is 308 g/mol. The van der Waals surface area contributed by atoms with E-state index in [4.69, 9.17) is 21.1 Å². The average Bonchev–Trinajstić information content (AvgIpc) is 2.80. The predicted octanol–water partition coefficient (Wildman–Crippen LogP) is 3.68. The van der Waals surface area contributed by atoms with Crippen molar-refractivity contribution in [3.05, 3.63) is 52.3 Å². The third kappa shape index (κ3) is 3.39. The number of methoxy groups -OCH3 is 1. The van der Waals surface area contributed by atoms with Crippen molar-refractivity contribution in [2.75, 3.05) is 13.7 Å². The number of ether oxygens (including phenoxy) is 2. The minimum absolute atomic E-state index is 0.319. The van der Waals surface area contributed by atoms with Gasteiger partial charge >= 0.3 is 5.97 Å². The Labute approximate surface area is 129 Å². The van der Waals surface area contributed by atoms with E-state index in [1.165, 1.54) is 0 Å². The summed E-state index contributed by atoms with van der Waals surface area (Å²) in [7, 11) is 1.61. The molecule has 0 aliphatic carbocycles. The van der Waals surface area contributed by atoms with Crippen LogP contribution in [0.1, 0.15) is 28.5 Å². The number of aromatic nitrogens is 1. The SMILES string of the molecule is CCOC(=O)c1c(C)ccn1Cc1cc(Cl)ccc1OC. The molecule has 0 aliphatic heterocycles. The van der Waals surface area contributed by atoms with Gasteiger partial charge < -0.3 is 14.0 Å². The molecule has 2 aromatic rings. The smallest absolute Gasteiger partial charge is 0.355 e. The van der Waals surface area contributed by atoms with Crippen LogP contribution in [-0.2, 0) is 11.3 Å². The summed E-state index contributed by atoms with van der Waals surface area (Å²) in [6.07, 6.45) is 1.86. The molecule has 21 heavy (non-hydrogen) atoms. The van der Waals surface area contributed by atoms with Gasteiger partial charge in [-0.05, 0) is 43.7 Å². The third-order valence-corrected chi connectivity index (χ3v) is 3.45. The lowest BCUT2D eigenvalue weighted by molar-refractivity contribution is 0.0513. The van der Waals surface area contributed by atoms with E-state index in [1.54, 1.807) is 20.1 Å². The monoisotopic (exact) mass is 307 g/mol. The first kappa shape index (κ1) is 15.4. The summed E-state index contributed by atoms with van der Waals surface area (Å²) in [5, 5.41) is 0.632. The van der Waals surface area contributed by atoms with E-state index in [0.717, 1.165) is 16.9 Å². The number of carbonyl (C=O) groups is 1. The van der Waals surface area contributed by atoms with Gasteiger partial charge in [0.1, 0.15) is 11.4 Å². The zero-order chi connectivity index (χ0) is 15.4. The standard InChI is InChI=1S/C16H18ClNO3/c1-4-21-16(19)15-11(2)7-8-18(15)10-12-9-13(17)5-6-14(12)20-3/h5-9H,4,10H2,1-3H3. The van der Waals surface area contributed by atoms with Gasteiger partial charge in [0.15, 0.2) is 0 Å². The van der Waals surface area contributed by atoms with Gasteiger partial charge in [-0.2, -0.15) is 0 Å². The molecule has 0 saturated carbocycles. The number of esters is 1. The number of hydrogen-bond donors (Lipinski definition) is 0. The summed E-state index contributed by atoms with van der Waals surface area (Å²) in [6, 6.07) is 7.32. The first-order valence-electron chi connectivity index (χ1n) is 6.72. The Morgan fingerprint density at radius 2 is 2.10 bits per heavy atom. The second-order valence-corrected chi connectivity index (χ2v) is 5.09. The van der Waals surface area contributed by atoms with Gasteiger partial charge in [0.05, 0.1) is 20.3 Å². The van der Waals surface area contributed by atoms with Crippen LogP contribution in [0.15, 0.2) is 30.5 Å². The van der Waals surface area contributed by atoms with Gasteiger partial charge in [-0.1, -0.05) is 11.6 Å². The van der Waals surface area contributed by atoms with Crippen LogP contribution in [0.3, 0.4) is 0 Å². The normalized spacial score (nSPS) is 10.5. The number of aryl methyl sites for hydroxylation is 1. The zero-order valence-electron chi connectivity index (χ0n) is 12.4. The zero-order valence-corrected chi connectivity index (χ0v) is 13.1. The number of rotatable bonds is 5. The van der Waals surface area contributed by atoms with Gasteiger partial charge in [-0.15, -0.1) is 0 Å². The molecule has 0 radical (unpaired) electrons. The molecule has 1 heterocycles. The maximum absolute atomic E-state index is 12.1. The molecule has 0 amide bonds. The van der Waals surface area contributed by atoms with Crippen molar-refractivity contribution in [1.29, 1.82) is 0 Å². The Hall–Kier alpha value is -1.94. The van der Waals surface area contributed by atoms with Crippen LogP contribution >= 0.6 is 11.6 Å². The first-order chi connectivity index (χ1) is 10.1. The summed E-state index contributed by atoms with van der Waals surface area (Å²) in [6.45, 7) is 4.52. The van der Waals surface area contributed by atoms with Crippen LogP contribution in [0.2, 0.25) is 5.02 Å². The Balaban J connectivity index is 2.36. The Kier molecular flexibility index (Phi) is 4.91. The highest BCUT2D eigenvalue weighted by Crippen LogP contribution is 2.25. The van der Waals surface area contributed by atoms with Crippen molar-refractivity contribution in [2.45, 2.75) is 20.4 Å². The summed E-state index contributed by atoms with van der Waals surface area (Å²) in [4.78, 5) is 12.1. The van der Waals surface area contributed by atoms with Crippen molar-refractivity contribution in [2.24, 2.45) is 0 Å². The first-order valence-corrected chi connectivity index (χ1v) is 7.09. The van der Waals surface area contributed by atoms with Gasteiger partial charge in [0, 0.05) is 16.8 Å². The summed E-state index contributed by atoms with van der Waals surface area (Å²) >= 11 is 6.04. The fraction of sp³-hybridized carbons (Fsp3) is 0.312. The number of benzene rings is 1. The minimum Gasteiger partial charge on any atom is -0.496 e. The topological polar surface area (TPSA) is 40.5 Å². The molecule has 0 atom stereocenters. The molecule has 0 aliphatic rings. The fourth-order valence-electron chi connectivity index (χ4n) is 2.25. The number of hydrogen-bond acceptors (Lipinski definition) is 3. The Morgan fingerprint density at radius 3 is 2.76 bits per heavy atom. The summed E-state index contributed by atoms with van der Waals surface area (Å²) < 4.78 is 12.3. The summed E-state index contributed by atoms with van der Waals surface area (Å²) in [5.74, 6) is 0.418. The van der Waals surface area contributed by atoms with Crippen molar-refractivity contribution >= 4 is 17.6 Å². The van der Waals surface area contributed by atoms with Crippen LogP contribution in [0.25, 0.3) is 0 Å². The van der Waals surface area contributed by atoms with E-state index in [-0.39, 0.29) is 5.97 Å². The van der Waals surface area contributed by atoms with Crippen LogP contribution < -0.4 is 4.74 Å². The van der Waals surface area contributed by atoms with Crippen molar-refractivity contribution in [3.8, 4) is 5.75 Å². The predicted molar refractivity (Wildman–Crippen MR) is 82.2 cm³/mol. The molecular formula is C16H18ClNO3. The van der Waals surface area contributed by atoms with Crippen LogP contribution in [0.5, 0.6) is 5.75 Å². The van der Waals surface area contributed by atoms with Crippen LogP contribution in [-0.4, -0.2) is 24.3 Å². The van der Waals surface area contributed by atoms with Gasteiger partial charge in [0.25, 0.3) is 0 Å². The molecule has 1 aromatic carbocycles. The lowest BCUT2D eigenvalue weighted by Gasteiger charge is -2.13. The Bertz CT molecular complexity index is 649. The maximum Gasteiger partial charge on any atom is 0.355 e. The molecular weight excluding hydrogens is 290 g/mol. The molecule has 0 N–H and O–H groups in total. The second-order valence-electron chi connectivity index (χ2n) is 4.65. The van der Waals surface area contributed by atoms with Crippen LogP contribution in [0, 0.1) is 6.92 Å².